The minimum Gasteiger partial charge on any atom is -0.494 e. The molecule has 0 saturated heterocycles. The first-order chi connectivity index (χ1) is 8.81. The lowest BCUT2D eigenvalue weighted by Gasteiger charge is -2.17. The Kier molecular flexibility index (Phi) is 7.14. The van der Waals surface area contributed by atoms with Gasteiger partial charge in [0.25, 0.3) is 0 Å². The standard InChI is InChI=1S/C15H24N2O/c1-3-5-6-11-17-15(12-16)13-7-9-14(10-8-13)18-4-2/h3,5,7-10,15,17H,4,6,11-12,16H2,1-2H3/b5-3+. The Labute approximate surface area is 110 Å². The van der Waals surface area contributed by atoms with Crippen LogP contribution in [0.15, 0.2) is 36.4 Å². The highest BCUT2D eigenvalue weighted by atomic mass is 16.5. The van der Waals surface area contributed by atoms with Crippen LogP contribution in [0.3, 0.4) is 0 Å². The molecule has 0 aliphatic heterocycles. The average Bonchev–Trinajstić information content (AvgIpc) is 2.41. The summed E-state index contributed by atoms with van der Waals surface area (Å²) in [5.41, 5.74) is 7.01. The van der Waals surface area contributed by atoms with Crippen molar-refractivity contribution >= 4 is 0 Å². The second kappa shape index (κ2) is 8.72. The van der Waals surface area contributed by atoms with Gasteiger partial charge in [-0.25, -0.2) is 0 Å². The molecule has 18 heavy (non-hydrogen) atoms. The van der Waals surface area contributed by atoms with Crippen molar-refractivity contribution in [2.45, 2.75) is 26.3 Å². The van der Waals surface area contributed by atoms with E-state index in [9.17, 15) is 0 Å². The summed E-state index contributed by atoms with van der Waals surface area (Å²) in [7, 11) is 0. The molecule has 1 atom stereocenters. The fraction of sp³-hybridized carbons (Fsp3) is 0.467. The summed E-state index contributed by atoms with van der Waals surface area (Å²) in [6.45, 7) is 6.26. The number of benzene rings is 1. The number of nitrogens with one attached hydrogen (secondary N) is 1. The molecule has 1 rings (SSSR count). The molecule has 0 aliphatic carbocycles. The molecule has 1 aromatic carbocycles. The van der Waals surface area contributed by atoms with Crippen molar-refractivity contribution in [2.75, 3.05) is 19.7 Å². The van der Waals surface area contributed by atoms with E-state index in [1.165, 1.54) is 5.56 Å². The fourth-order valence-corrected chi connectivity index (χ4v) is 1.81. The zero-order valence-corrected chi connectivity index (χ0v) is 11.4. The van der Waals surface area contributed by atoms with Crippen LogP contribution in [-0.2, 0) is 0 Å². The SMILES string of the molecule is C/C=C/CCNC(CN)c1ccc(OCC)cc1. The molecular formula is C15H24N2O. The van der Waals surface area contributed by atoms with E-state index in [0.29, 0.717) is 13.2 Å². The van der Waals surface area contributed by atoms with Crippen LogP contribution >= 0.6 is 0 Å². The van der Waals surface area contributed by atoms with E-state index in [2.05, 4.69) is 29.6 Å². The fourth-order valence-electron chi connectivity index (χ4n) is 1.81. The van der Waals surface area contributed by atoms with Crippen molar-refractivity contribution < 1.29 is 4.74 Å². The van der Waals surface area contributed by atoms with E-state index in [4.69, 9.17) is 10.5 Å². The molecular weight excluding hydrogens is 224 g/mol. The Morgan fingerprint density at radius 3 is 2.61 bits per heavy atom. The molecule has 3 nitrogen and oxygen atoms in total. The molecule has 0 heterocycles. The molecule has 0 bridgehead atoms. The van der Waals surface area contributed by atoms with Crippen LogP contribution in [-0.4, -0.2) is 19.7 Å². The van der Waals surface area contributed by atoms with Gasteiger partial charge in [0.2, 0.25) is 0 Å². The predicted octanol–water partition coefficient (Wildman–Crippen LogP) is 2.64. The van der Waals surface area contributed by atoms with Crippen LogP contribution in [0.25, 0.3) is 0 Å². The minimum absolute atomic E-state index is 0.214. The summed E-state index contributed by atoms with van der Waals surface area (Å²) in [6, 6.07) is 8.35. The number of hydrogen-bond donors (Lipinski definition) is 2. The molecule has 0 radical (unpaired) electrons. The van der Waals surface area contributed by atoms with Crippen LogP contribution < -0.4 is 15.8 Å². The second-order valence-corrected chi connectivity index (χ2v) is 4.10. The molecule has 0 saturated carbocycles. The summed E-state index contributed by atoms with van der Waals surface area (Å²) in [6.07, 6.45) is 5.25. The molecule has 100 valence electrons. The largest absolute Gasteiger partial charge is 0.494 e. The van der Waals surface area contributed by atoms with Crippen molar-refractivity contribution in [1.29, 1.82) is 0 Å². The molecule has 0 amide bonds. The third-order valence-electron chi connectivity index (χ3n) is 2.77. The molecule has 0 fully saturated rings. The minimum atomic E-state index is 0.214. The molecule has 0 aliphatic rings. The van der Waals surface area contributed by atoms with E-state index in [-0.39, 0.29) is 6.04 Å². The van der Waals surface area contributed by atoms with Gasteiger partial charge in [0, 0.05) is 12.6 Å². The highest BCUT2D eigenvalue weighted by Gasteiger charge is 2.08. The summed E-state index contributed by atoms with van der Waals surface area (Å²) < 4.78 is 5.43. The maximum atomic E-state index is 5.80. The van der Waals surface area contributed by atoms with E-state index in [0.717, 1.165) is 18.7 Å². The van der Waals surface area contributed by atoms with E-state index in [1.54, 1.807) is 0 Å². The topological polar surface area (TPSA) is 47.3 Å². The van der Waals surface area contributed by atoms with Gasteiger partial charge >= 0.3 is 0 Å². The predicted molar refractivity (Wildman–Crippen MR) is 76.8 cm³/mol. The van der Waals surface area contributed by atoms with E-state index < -0.39 is 0 Å². The Morgan fingerprint density at radius 1 is 1.33 bits per heavy atom. The van der Waals surface area contributed by atoms with Crippen LogP contribution in [0.5, 0.6) is 5.75 Å². The maximum absolute atomic E-state index is 5.80. The first kappa shape index (κ1) is 14.7. The van der Waals surface area contributed by atoms with Gasteiger partial charge in [-0.1, -0.05) is 24.3 Å². The highest BCUT2D eigenvalue weighted by Crippen LogP contribution is 2.17. The Hall–Kier alpha value is -1.32. The maximum Gasteiger partial charge on any atom is 0.119 e. The molecule has 0 spiro atoms. The van der Waals surface area contributed by atoms with Crippen molar-refractivity contribution in [2.24, 2.45) is 5.73 Å². The number of ether oxygens (including phenoxy) is 1. The number of nitrogens with two attached hydrogens (primary N) is 1. The van der Waals surface area contributed by atoms with Crippen LogP contribution in [0.2, 0.25) is 0 Å². The van der Waals surface area contributed by atoms with Crippen LogP contribution in [0.1, 0.15) is 31.9 Å². The quantitative estimate of drug-likeness (QED) is 0.549. The van der Waals surface area contributed by atoms with Gasteiger partial charge in [-0.2, -0.15) is 0 Å². The molecule has 1 aromatic rings. The Morgan fingerprint density at radius 2 is 2.06 bits per heavy atom. The molecule has 3 heteroatoms. The van der Waals surface area contributed by atoms with E-state index in [1.807, 2.05) is 26.0 Å². The normalized spacial score (nSPS) is 12.8. The first-order valence-corrected chi connectivity index (χ1v) is 6.59. The zero-order valence-electron chi connectivity index (χ0n) is 11.4. The molecule has 3 N–H and O–H groups in total. The molecule has 0 aromatic heterocycles. The Balaban J connectivity index is 2.53. The Bertz CT molecular complexity index is 346. The lowest BCUT2D eigenvalue weighted by molar-refractivity contribution is 0.340. The van der Waals surface area contributed by atoms with Crippen molar-refractivity contribution in [3.05, 3.63) is 42.0 Å². The van der Waals surface area contributed by atoms with Gasteiger partial charge in [-0.3, -0.25) is 0 Å². The summed E-state index contributed by atoms with van der Waals surface area (Å²) in [5.74, 6) is 0.908. The number of allylic oxidation sites excluding steroid dienone is 1. The zero-order chi connectivity index (χ0) is 13.2. The number of rotatable bonds is 8. The summed E-state index contributed by atoms with van der Waals surface area (Å²) in [4.78, 5) is 0. The molecule has 1 unspecified atom stereocenters. The summed E-state index contributed by atoms with van der Waals surface area (Å²) >= 11 is 0. The van der Waals surface area contributed by atoms with E-state index >= 15 is 0 Å². The van der Waals surface area contributed by atoms with Crippen LogP contribution in [0, 0.1) is 0 Å². The van der Waals surface area contributed by atoms with Crippen molar-refractivity contribution in [1.82, 2.24) is 5.32 Å². The first-order valence-electron chi connectivity index (χ1n) is 6.59. The van der Waals surface area contributed by atoms with Crippen molar-refractivity contribution in [3.8, 4) is 5.75 Å². The summed E-state index contributed by atoms with van der Waals surface area (Å²) in [5, 5.41) is 3.45. The smallest absolute Gasteiger partial charge is 0.119 e. The number of hydrogen-bond acceptors (Lipinski definition) is 3. The average molecular weight is 248 g/mol. The lowest BCUT2D eigenvalue weighted by Crippen LogP contribution is -2.28. The van der Waals surface area contributed by atoms with Gasteiger partial charge in [-0.05, 0) is 44.5 Å². The van der Waals surface area contributed by atoms with Gasteiger partial charge in [-0.15, -0.1) is 0 Å². The van der Waals surface area contributed by atoms with Crippen LogP contribution in [0.4, 0.5) is 0 Å². The highest BCUT2D eigenvalue weighted by molar-refractivity contribution is 5.29. The monoisotopic (exact) mass is 248 g/mol. The van der Waals surface area contributed by atoms with Gasteiger partial charge < -0.3 is 15.8 Å². The van der Waals surface area contributed by atoms with Gasteiger partial charge in [0.15, 0.2) is 0 Å². The van der Waals surface area contributed by atoms with Gasteiger partial charge in [0.05, 0.1) is 6.61 Å². The lowest BCUT2D eigenvalue weighted by atomic mass is 10.1. The van der Waals surface area contributed by atoms with Gasteiger partial charge in [0.1, 0.15) is 5.75 Å². The third-order valence-corrected chi connectivity index (χ3v) is 2.77. The second-order valence-electron chi connectivity index (χ2n) is 4.10. The van der Waals surface area contributed by atoms with Crippen molar-refractivity contribution in [3.63, 3.8) is 0 Å². The third kappa shape index (κ3) is 4.90.